The SMILES string of the molecule is CCNc1ncnc(-c2cc(F)ccc2F)c1OC. The van der Waals surface area contributed by atoms with Crippen LogP contribution in [0.4, 0.5) is 14.6 Å². The van der Waals surface area contributed by atoms with Gasteiger partial charge < -0.3 is 10.1 Å². The number of rotatable bonds is 4. The molecule has 1 aromatic heterocycles. The van der Waals surface area contributed by atoms with Crippen LogP contribution < -0.4 is 10.1 Å². The number of methoxy groups -OCH3 is 1. The van der Waals surface area contributed by atoms with Gasteiger partial charge >= 0.3 is 0 Å². The molecule has 19 heavy (non-hydrogen) atoms. The quantitative estimate of drug-likeness (QED) is 0.923. The number of hydrogen-bond acceptors (Lipinski definition) is 4. The number of nitrogens with one attached hydrogen (secondary N) is 1. The van der Waals surface area contributed by atoms with Crippen LogP contribution in [0, 0.1) is 11.6 Å². The van der Waals surface area contributed by atoms with Crippen LogP contribution in [0.1, 0.15) is 6.92 Å². The van der Waals surface area contributed by atoms with Crippen LogP contribution in [0.2, 0.25) is 0 Å². The number of anilines is 1. The molecule has 0 amide bonds. The fourth-order valence-corrected chi connectivity index (χ4v) is 1.73. The maximum Gasteiger partial charge on any atom is 0.187 e. The van der Waals surface area contributed by atoms with Gasteiger partial charge in [0, 0.05) is 12.1 Å². The molecule has 0 saturated carbocycles. The molecule has 0 aliphatic rings. The van der Waals surface area contributed by atoms with Gasteiger partial charge in [-0.25, -0.2) is 18.7 Å². The van der Waals surface area contributed by atoms with Gasteiger partial charge in [0.2, 0.25) is 0 Å². The minimum Gasteiger partial charge on any atom is -0.491 e. The summed E-state index contributed by atoms with van der Waals surface area (Å²) in [5.74, 6) is -0.379. The first-order valence-electron chi connectivity index (χ1n) is 5.75. The van der Waals surface area contributed by atoms with E-state index >= 15 is 0 Å². The van der Waals surface area contributed by atoms with E-state index in [1.165, 1.54) is 13.4 Å². The highest BCUT2D eigenvalue weighted by molar-refractivity contribution is 5.72. The number of benzene rings is 1. The predicted octanol–water partition coefficient (Wildman–Crippen LogP) is 2.86. The standard InChI is InChI=1S/C13H13F2N3O/c1-3-16-13-12(19-2)11(17-7-18-13)9-6-8(14)4-5-10(9)15/h4-7H,3H2,1-2H3,(H,16,17,18). The third kappa shape index (κ3) is 2.62. The molecule has 0 bridgehead atoms. The van der Waals surface area contributed by atoms with Gasteiger partial charge in [-0.2, -0.15) is 0 Å². The molecule has 0 spiro atoms. The summed E-state index contributed by atoms with van der Waals surface area (Å²) in [7, 11) is 1.43. The Morgan fingerprint density at radius 3 is 2.74 bits per heavy atom. The average Bonchev–Trinajstić information content (AvgIpc) is 2.41. The topological polar surface area (TPSA) is 47.0 Å². The number of ether oxygens (including phenoxy) is 1. The van der Waals surface area contributed by atoms with E-state index in [1.54, 1.807) is 0 Å². The summed E-state index contributed by atoms with van der Waals surface area (Å²) >= 11 is 0. The summed E-state index contributed by atoms with van der Waals surface area (Å²) in [6, 6.07) is 3.19. The van der Waals surface area contributed by atoms with Crippen molar-refractivity contribution >= 4 is 5.82 Å². The number of hydrogen-bond donors (Lipinski definition) is 1. The fourth-order valence-electron chi connectivity index (χ4n) is 1.73. The van der Waals surface area contributed by atoms with E-state index in [0.717, 1.165) is 18.2 Å². The van der Waals surface area contributed by atoms with Crippen molar-refractivity contribution in [3.05, 3.63) is 36.2 Å². The minimum absolute atomic E-state index is 0.0402. The zero-order chi connectivity index (χ0) is 13.8. The van der Waals surface area contributed by atoms with Crippen LogP contribution >= 0.6 is 0 Å². The van der Waals surface area contributed by atoms with Gasteiger partial charge in [-0.15, -0.1) is 0 Å². The summed E-state index contributed by atoms with van der Waals surface area (Å²) in [5.41, 5.74) is 0.254. The summed E-state index contributed by atoms with van der Waals surface area (Å²) in [4.78, 5) is 8.00. The predicted molar refractivity (Wildman–Crippen MR) is 68.1 cm³/mol. The second-order valence-electron chi connectivity index (χ2n) is 3.76. The molecular weight excluding hydrogens is 252 g/mol. The molecule has 4 nitrogen and oxygen atoms in total. The Bertz CT molecular complexity index is 590. The number of halogens is 2. The lowest BCUT2D eigenvalue weighted by atomic mass is 10.1. The van der Waals surface area contributed by atoms with Crippen LogP contribution in [0.25, 0.3) is 11.3 Å². The van der Waals surface area contributed by atoms with E-state index in [2.05, 4.69) is 15.3 Å². The second kappa shape index (κ2) is 5.60. The Hall–Kier alpha value is -2.24. The highest BCUT2D eigenvalue weighted by Crippen LogP contribution is 2.34. The van der Waals surface area contributed by atoms with E-state index in [9.17, 15) is 8.78 Å². The lowest BCUT2D eigenvalue weighted by Crippen LogP contribution is -2.04. The van der Waals surface area contributed by atoms with Gasteiger partial charge in [0.15, 0.2) is 11.6 Å². The Labute approximate surface area is 109 Å². The Kier molecular flexibility index (Phi) is 3.89. The first-order chi connectivity index (χ1) is 9.17. The van der Waals surface area contributed by atoms with Crippen molar-refractivity contribution < 1.29 is 13.5 Å². The molecule has 100 valence electrons. The molecule has 0 aliphatic heterocycles. The molecule has 1 heterocycles. The Morgan fingerprint density at radius 2 is 2.05 bits per heavy atom. The third-order valence-corrected chi connectivity index (χ3v) is 2.54. The molecule has 0 aliphatic carbocycles. The normalized spacial score (nSPS) is 10.3. The molecule has 0 fully saturated rings. The summed E-state index contributed by atoms with van der Waals surface area (Å²) in [6.45, 7) is 2.52. The van der Waals surface area contributed by atoms with E-state index in [1.807, 2.05) is 6.92 Å². The fraction of sp³-hybridized carbons (Fsp3) is 0.231. The van der Waals surface area contributed by atoms with Gasteiger partial charge in [0.05, 0.1) is 7.11 Å². The van der Waals surface area contributed by atoms with Crippen LogP contribution in [0.15, 0.2) is 24.5 Å². The van der Waals surface area contributed by atoms with Crippen molar-refractivity contribution in [3.8, 4) is 17.0 Å². The maximum absolute atomic E-state index is 13.8. The lowest BCUT2D eigenvalue weighted by Gasteiger charge is -2.12. The van der Waals surface area contributed by atoms with Crippen molar-refractivity contribution in [1.29, 1.82) is 0 Å². The maximum atomic E-state index is 13.8. The molecule has 1 N–H and O–H groups in total. The number of aromatic nitrogens is 2. The first kappa shape index (κ1) is 13.2. The zero-order valence-electron chi connectivity index (χ0n) is 10.6. The first-order valence-corrected chi connectivity index (χ1v) is 5.75. The molecule has 2 aromatic rings. The van der Waals surface area contributed by atoms with Crippen LogP contribution in [-0.2, 0) is 0 Å². The smallest absolute Gasteiger partial charge is 0.187 e. The highest BCUT2D eigenvalue weighted by Gasteiger charge is 2.17. The monoisotopic (exact) mass is 265 g/mol. The molecule has 0 radical (unpaired) electrons. The highest BCUT2D eigenvalue weighted by atomic mass is 19.1. The van der Waals surface area contributed by atoms with Crippen LogP contribution in [-0.4, -0.2) is 23.6 Å². The van der Waals surface area contributed by atoms with E-state index < -0.39 is 11.6 Å². The molecule has 2 rings (SSSR count). The average molecular weight is 265 g/mol. The second-order valence-corrected chi connectivity index (χ2v) is 3.76. The van der Waals surface area contributed by atoms with E-state index in [4.69, 9.17) is 4.74 Å². The molecule has 0 atom stereocenters. The molecule has 0 saturated heterocycles. The molecule has 0 unspecified atom stereocenters. The zero-order valence-corrected chi connectivity index (χ0v) is 10.6. The van der Waals surface area contributed by atoms with Crippen LogP contribution in [0.5, 0.6) is 5.75 Å². The van der Waals surface area contributed by atoms with Crippen molar-refractivity contribution in [2.45, 2.75) is 6.92 Å². The molecule has 6 heteroatoms. The van der Waals surface area contributed by atoms with Gasteiger partial charge in [0.25, 0.3) is 0 Å². The summed E-state index contributed by atoms with van der Waals surface area (Å²) in [6.07, 6.45) is 1.28. The summed E-state index contributed by atoms with van der Waals surface area (Å²) < 4.78 is 32.2. The number of nitrogens with zero attached hydrogens (tertiary/aromatic N) is 2. The van der Waals surface area contributed by atoms with Crippen LogP contribution in [0.3, 0.4) is 0 Å². The van der Waals surface area contributed by atoms with E-state index in [0.29, 0.717) is 12.4 Å². The lowest BCUT2D eigenvalue weighted by molar-refractivity contribution is 0.414. The largest absolute Gasteiger partial charge is 0.491 e. The van der Waals surface area contributed by atoms with Crippen molar-refractivity contribution in [2.24, 2.45) is 0 Å². The van der Waals surface area contributed by atoms with Gasteiger partial charge in [-0.1, -0.05) is 0 Å². The van der Waals surface area contributed by atoms with Crippen molar-refractivity contribution in [2.75, 3.05) is 19.0 Å². The van der Waals surface area contributed by atoms with Gasteiger partial charge in [0.1, 0.15) is 23.7 Å². The third-order valence-electron chi connectivity index (χ3n) is 2.54. The summed E-state index contributed by atoms with van der Waals surface area (Å²) in [5, 5.41) is 2.98. The van der Waals surface area contributed by atoms with Crippen molar-refractivity contribution in [3.63, 3.8) is 0 Å². The molecule has 1 aromatic carbocycles. The minimum atomic E-state index is -0.569. The Morgan fingerprint density at radius 1 is 1.26 bits per heavy atom. The van der Waals surface area contributed by atoms with E-state index in [-0.39, 0.29) is 17.0 Å². The van der Waals surface area contributed by atoms with Gasteiger partial charge in [-0.05, 0) is 25.1 Å². The van der Waals surface area contributed by atoms with Gasteiger partial charge in [-0.3, -0.25) is 0 Å². The molecular formula is C13H13F2N3O. The van der Waals surface area contributed by atoms with Crippen molar-refractivity contribution in [1.82, 2.24) is 9.97 Å². The Balaban J connectivity index is 2.61.